The maximum atomic E-state index is 12.0. The third kappa shape index (κ3) is 4.01. The Bertz CT molecular complexity index is 810. The molecule has 0 bridgehead atoms. The highest BCUT2D eigenvalue weighted by atomic mass is 35.5. The first kappa shape index (κ1) is 16.7. The van der Waals surface area contributed by atoms with Gasteiger partial charge in [-0.25, -0.2) is 0 Å². The number of nitrogens with one attached hydrogen (secondary N) is 2. The lowest BCUT2D eigenvalue weighted by atomic mass is 10.2. The van der Waals surface area contributed by atoms with E-state index in [1.807, 2.05) is 13.0 Å². The number of carbonyl (C=O) groups is 2. The van der Waals surface area contributed by atoms with Gasteiger partial charge in [-0.2, -0.15) is 0 Å². The minimum atomic E-state index is -0.280. The molecule has 2 N–H and O–H groups in total. The molecule has 0 aromatic heterocycles. The van der Waals surface area contributed by atoms with Gasteiger partial charge in [-0.1, -0.05) is 11.6 Å². The Labute approximate surface area is 148 Å². The Kier molecular flexibility index (Phi) is 4.97. The quantitative estimate of drug-likeness (QED) is 0.870. The first-order valence-corrected chi connectivity index (χ1v) is 8.63. The van der Waals surface area contributed by atoms with Gasteiger partial charge < -0.3 is 15.4 Å². The van der Waals surface area contributed by atoms with Crippen molar-refractivity contribution in [1.29, 1.82) is 0 Å². The first-order chi connectivity index (χ1) is 11.5. The summed E-state index contributed by atoms with van der Waals surface area (Å²) in [6.45, 7) is 1.76. The average Bonchev–Trinajstić information content (AvgIpc) is 2.55. The zero-order chi connectivity index (χ0) is 17.1. The molecule has 0 saturated heterocycles. The third-order valence-electron chi connectivity index (χ3n) is 3.40. The number of carbonyl (C=O) groups excluding carboxylic acids is 2. The standard InChI is InChI=1S/C17H15ClN2O3S/c1-10-6-12(3-4-13(10)18)23-8-16(21)19-11-2-5-15-14(7-11)20-17(22)9-24-15/h2-7H,8-9H2,1H3,(H,19,21)(H,20,22). The van der Waals surface area contributed by atoms with Gasteiger partial charge in [-0.3, -0.25) is 9.59 Å². The van der Waals surface area contributed by atoms with Crippen LogP contribution in [0.2, 0.25) is 5.02 Å². The summed E-state index contributed by atoms with van der Waals surface area (Å²) in [7, 11) is 0. The molecular weight excluding hydrogens is 348 g/mol. The van der Waals surface area contributed by atoms with Crippen LogP contribution in [0.4, 0.5) is 11.4 Å². The predicted octanol–water partition coefficient (Wildman–Crippen LogP) is 3.71. The Morgan fingerprint density at radius 3 is 2.96 bits per heavy atom. The molecule has 3 rings (SSSR count). The molecule has 5 nitrogen and oxygen atoms in total. The van der Waals surface area contributed by atoms with Gasteiger partial charge in [-0.15, -0.1) is 11.8 Å². The molecule has 0 unspecified atom stereocenters. The second kappa shape index (κ2) is 7.15. The highest BCUT2D eigenvalue weighted by Gasteiger charge is 2.16. The molecule has 1 aliphatic rings. The van der Waals surface area contributed by atoms with Gasteiger partial charge in [0.25, 0.3) is 5.91 Å². The predicted molar refractivity (Wildman–Crippen MR) is 96.1 cm³/mol. The molecule has 2 aromatic carbocycles. The number of hydrogen-bond acceptors (Lipinski definition) is 4. The van der Waals surface area contributed by atoms with Crippen molar-refractivity contribution in [3.63, 3.8) is 0 Å². The number of aryl methyl sites for hydroxylation is 1. The summed E-state index contributed by atoms with van der Waals surface area (Å²) < 4.78 is 5.46. The molecule has 24 heavy (non-hydrogen) atoms. The van der Waals surface area contributed by atoms with E-state index in [1.165, 1.54) is 11.8 Å². The zero-order valence-electron chi connectivity index (χ0n) is 12.9. The van der Waals surface area contributed by atoms with Crippen molar-refractivity contribution < 1.29 is 14.3 Å². The van der Waals surface area contributed by atoms with Crippen LogP contribution < -0.4 is 15.4 Å². The number of hydrogen-bond donors (Lipinski definition) is 2. The molecule has 1 aliphatic heterocycles. The SMILES string of the molecule is Cc1cc(OCC(=O)Nc2ccc3c(c2)NC(=O)CS3)ccc1Cl. The molecule has 0 radical (unpaired) electrons. The zero-order valence-corrected chi connectivity index (χ0v) is 14.5. The van der Waals surface area contributed by atoms with E-state index in [-0.39, 0.29) is 18.4 Å². The smallest absolute Gasteiger partial charge is 0.262 e. The van der Waals surface area contributed by atoms with E-state index in [0.717, 1.165) is 10.5 Å². The molecule has 1 heterocycles. The normalized spacial score (nSPS) is 13.0. The van der Waals surface area contributed by atoms with Gasteiger partial charge in [0.2, 0.25) is 5.91 Å². The molecule has 7 heteroatoms. The van der Waals surface area contributed by atoms with Gasteiger partial charge >= 0.3 is 0 Å². The van der Waals surface area contributed by atoms with Gasteiger partial charge in [0, 0.05) is 15.6 Å². The number of benzene rings is 2. The van der Waals surface area contributed by atoms with Crippen molar-refractivity contribution in [1.82, 2.24) is 0 Å². The highest BCUT2D eigenvalue weighted by Crippen LogP contribution is 2.33. The van der Waals surface area contributed by atoms with Crippen molar-refractivity contribution in [2.45, 2.75) is 11.8 Å². The molecule has 0 aliphatic carbocycles. The van der Waals surface area contributed by atoms with Crippen LogP contribution in [0.3, 0.4) is 0 Å². The van der Waals surface area contributed by atoms with Crippen molar-refractivity contribution in [3.8, 4) is 5.75 Å². The van der Waals surface area contributed by atoms with Crippen LogP contribution >= 0.6 is 23.4 Å². The minimum Gasteiger partial charge on any atom is -0.484 e. The van der Waals surface area contributed by atoms with Gasteiger partial charge in [0.15, 0.2) is 6.61 Å². The van der Waals surface area contributed by atoms with Crippen LogP contribution in [0.1, 0.15) is 5.56 Å². The van der Waals surface area contributed by atoms with Crippen LogP contribution in [0.5, 0.6) is 5.75 Å². The monoisotopic (exact) mass is 362 g/mol. The number of rotatable bonds is 4. The van der Waals surface area contributed by atoms with E-state index in [0.29, 0.717) is 27.9 Å². The van der Waals surface area contributed by atoms with E-state index in [9.17, 15) is 9.59 Å². The topological polar surface area (TPSA) is 67.4 Å². The molecule has 0 spiro atoms. The summed E-state index contributed by atoms with van der Waals surface area (Å²) >= 11 is 7.43. The van der Waals surface area contributed by atoms with Crippen LogP contribution in [0.25, 0.3) is 0 Å². The van der Waals surface area contributed by atoms with E-state index in [2.05, 4.69) is 10.6 Å². The Morgan fingerprint density at radius 2 is 2.17 bits per heavy atom. The molecule has 2 amide bonds. The van der Waals surface area contributed by atoms with Crippen molar-refractivity contribution in [2.24, 2.45) is 0 Å². The fourth-order valence-corrected chi connectivity index (χ4v) is 3.12. The fraction of sp³-hybridized carbons (Fsp3) is 0.176. The maximum absolute atomic E-state index is 12.0. The summed E-state index contributed by atoms with van der Waals surface area (Å²) in [6, 6.07) is 10.6. The molecule has 0 atom stereocenters. The maximum Gasteiger partial charge on any atom is 0.262 e. The van der Waals surface area contributed by atoms with Gasteiger partial charge in [0.1, 0.15) is 5.75 Å². The van der Waals surface area contributed by atoms with Crippen LogP contribution in [-0.2, 0) is 9.59 Å². The lowest BCUT2D eigenvalue weighted by Gasteiger charge is -2.17. The van der Waals surface area contributed by atoms with Crippen LogP contribution in [0.15, 0.2) is 41.3 Å². The highest BCUT2D eigenvalue weighted by molar-refractivity contribution is 8.00. The summed E-state index contributed by atoms with van der Waals surface area (Å²) in [5.41, 5.74) is 2.21. The number of thioether (sulfide) groups is 1. The number of fused-ring (bicyclic) bond motifs is 1. The second-order valence-corrected chi connectivity index (χ2v) is 6.72. The number of amides is 2. The summed E-state index contributed by atoms with van der Waals surface area (Å²) in [6.07, 6.45) is 0. The van der Waals surface area contributed by atoms with Crippen molar-refractivity contribution >= 4 is 46.6 Å². The van der Waals surface area contributed by atoms with E-state index in [1.54, 1.807) is 30.3 Å². The second-order valence-electron chi connectivity index (χ2n) is 5.30. The molecular formula is C17H15ClN2O3S. The lowest BCUT2D eigenvalue weighted by Crippen LogP contribution is -2.21. The fourth-order valence-electron chi connectivity index (χ4n) is 2.21. The van der Waals surface area contributed by atoms with Gasteiger partial charge in [-0.05, 0) is 48.9 Å². The number of anilines is 2. The molecule has 124 valence electrons. The van der Waals surface area contributed by atoms with Crippen LogP contribution in [0, 0.1) is 6.92 Å². The Morgan fingerprint density at radius 1 is 1.33 bits per heavy atom. The molecule has 0 saturated carbocycles. The lowest BCUT2D eigenvalue weighted by molar-refractivity contribution is -0.118. The summed E-state index contributed by atoms with van der Waals surface area (Å²) in [5.74, 6) is 0.670. The Hall–Kier alpha value is -2.18. The van der Waals surface area contributed by atoms with E-state index < -0.39 is 0 Å². The first-order valence-electron chi connectivity index (χ1n) is 7.27. The Balaban J connectivity index is 1.59. The van der Waals surface area contributed by atoms with Gasteiger partial charge in [0.05, 0.1) is 11.4 Å². The summed E-state index contributed by atoms with van der Waals surface area (Å²) in [5, 5.41) is 6.19. The largest absolute Gasteiger partial charge is 0.484 e. The van der Waals surface area contributed by atoms with Crippen molar-refractivity contribution in [2.75, 3.05) is 23.0 Å². The number of ether oxygens (including phenoxy) is 1. The van der Waals surface area contributed by atoms with Crippen molar-refractivity contribution in [3.05, 3.63) is 47.0 Å². The number of halogens is 1. The molecule has 0 fully saturated rings. The summed E-state index contributed by atoms with van der Waals surface area (Å²) in [4.78, 5) is 24.4. The van der Waals surface area contributed by atoms with Crippen LogP contribution in [-0.4, -0.2) is 24.2 Å². The minimum absolute atomic E-state index is 0.0441. The van der Waals surface area contributed by atoms with E-state index in [4.69, 9.17) is 16.3 Å². The van der Waals surface area contributed by atoms with E-state index >= 15 is 0 Å². The average molecular weight is 363 g/mol. The third-order valence-corrected chi connectivity index (χ3v) is 4.89. The molecule has 2 aromatic rings.